The molecule has 0 aromatic heterocycles. The molecular formula is C10H16O2. The highest BCUT2D eigenvalue weighted by atomic mass is 16.3. The van der Waals surface area contributed by atoms with E-state index in [1.807, 2.05) is 6.92 Å². The lowest BCUT2D eigenvalue weighted by atomic mass is 9.59. The van der Waals surface area contributed by atoms with Crippen LogP contribution in [0.2, 0.25) is 0 Å². The number of aliphatic hydroxyl groups is 2. The quantitative estimate of drug-likeness (QED) is 0.534. The van der Waals surface area contributed by atoms with E-state index in [9.17, 15) is 10.2 Å². The van der Waals surface area contributed by atoms with Crippen LogP contribution >= 0.6 is 0 Å². The van der Waals surface area contributed by atoms with Crippen molar-refractivity contribution in [1.82, 2.24) is 0 Å². The molecule has 2 heteroatoms. The minimum atomic E-state index is -0.325. The lowest BCUT2D eigenvalue weighted by Crippen LogP contribution is -2.46. The summed E-state index contributed by atoms with van der Waals surface area (Å²) < 4.78 is 0. The molecule has 0 bridgehead atoms. The third kappa shape index (κ3) is 1.02. The van der Waals surface area contributed by atoms with Gasteiger partial charge >= 0.3 is 0 Å². The van der Waals surface area contributed by atoms with Gasteiger partial charge in [0.15, 0.2) is 0 Å². The predicted molar refractivity (Wildman–Crippen MR) is 46.7 cm³/mol. The Morgan fingerprint density at radius 2 is 2.08 bits per heavy atom. The van der Waals surface area contributed by atoms with Crippen LogP contribution in [0.3, 0.4) is 0 Å². The Hall–Kier alpha value is -0.340. The maximum Gasteiger partial charge on any atom is 0.0805 e. The van der Waals surface area contributed by atoms with E-state index >= 15 is 0 Å². The SMILES string of the molecule is CC1=CC(O)CC2(CCC2)C1O. The van der Waals surface area contributed by atoms with E-state index in [0.717, 1.165) is 24.8 Å². The van der Waals surface area contributed by atoms with E-state index < -0.39 is 0 Å². The summed E-state index contributed by atoms with van der Waals surface area (Å²) >= 11 is 0. The maximum atomic E-state index is 9.89. The zero-order chi connectivity index (χ0) is 8.77. The first-order chi connectivity index (χ1) is 5.64. The second-order valence-electron chi connectivity index (χ2n) is 4.30. The van der Waals surface area contributed by atoms with Crippen molar-refractivity contribution in [2.75, 3.05) is 0 Å². The molecule has 2 N–H and O–H groups in total. The number of rotatable bonds is 0. The summed E-state index contributed by atoms with van der Waals surface area (Å²) in [7, 11) is 0. The smallest absolute Gasteiger partial charge is 0.0805 e. The molecule has 2 aliphatic rings. The minimum absolute atomic E-state index is 0.0399. The molecule has 12 heavy (non-hydrogen) atoms. The van der Waals surface area contributed by atoms with Gasteiger partial charge in [0.1, 0.15) is 0 Å². The van der Waals surface area contributed by atoms with E-state index in [1.165, 1.54) is 6.42 Å². The monoisotopic (exact) mass is 168 g/mol. The molecule has 0 aromatic rings. The van der Waals surface area contributed by atoms with Crippen molar-refractivity contribution in [2.45, 2.75) is 44.8 Å². The van der Waals surface area contributed by atoms with Gasteiger partial charge in [0.25, 0.3) is 0 Å². The Morgan fingerprint density at radius 1 is 1.42 bits per heavy atom. The van der Waals surface area contributed by atoms with Crippen molar-refractivity contribution < 1.29 is 10.2 Å². The molecule has 1 saturated carbocycles. The van der Waals surface area contributed by atoms with Gasteiger partial charge in [-0.05, 0) is 31.8 Å². The molecule has 0 saturated heterocycles. The molecule has 0 aliphatic heterocycles. The number of hydrogen-bond donors (Lipinski definition) is 2. The van der Waals surface area contributed by atoms with Gasteiger partial charge < -0.3 is 10.2 Å². The van der Waals surface area contributed by atoms with Gasteiger partial charge in [-0.2, -0.15) is 0 Å². The summed E-state index contributed by atoms with van der Waals surface area (Å²) in [5.41, 5.74) is 0.992. The maximum absolute atomic E-state index is 9.89. The Kier molecular flexibility index (Phi) is 1.77. The van der Waals surface area contributed by atoms with Crippen LogP contribution < -0.4 is 0 Å². The molecule has 0 heterocycles. The average Bonchev–Trinajstić information content (AvgIpc) is 1.93. The van der Waals surface area contributed by atoms with Crippen LogP contribution in [0, 0.1) is 5.41 Å². The molecule has 1 fully saturated rings. The molecule has 2 rings (SSSR count). The van der Waals surface area contributed by atoms with Crippen molar-refractivity contribution >= 4 is 0 Å². The third-order valence-electron chi connectivity index (χ3n) is 3.43. The summed E-state index contributed by atoms with van der Waals surface area (Å²) in [4.78, 5) is 0. The van der Waals surface area contributed by atoms with Gasteiger partial charge in [-0.15, -0.1) is 0 Å². The van der Waals surface area contributed by atoms with Gasteiger partial charge in [0.2, 0.25) is 0 Å². The summed E-state index contributed by atoms with van der Waals surface area (Å²) in [6.07, 6.45) is 5.28. The average molecular weight is 168 g/mol. The van der Waals surface area contributed by atoms with Gasteiger partial charge in [0, 0.05) is 5.41 Å². The lowest BCUT2D eigenvalue weighted by Gasteiger charge is -2.49. The van der Waals surface area contributed by atoms with E-state index in [0.29, 0.717) is 0 Å². The van der Waals surface area contributed by atoms with Crippen molar-refractivity contribution in [3.8, 4) is 0 Å². The largest absolute Gasteiger partial charge is 0.389 e. The summed E-state index contributed by atoms with van der Waals surface area (Å²) in [6.45, 7) is 1.91. The molecule has 0 aromatic carbocycles. The Labute approximate surface area is 72.9 Å². The molecule has 2 atom stereocenters. The first kappa shape index (κ1) is 8.27. The molecular weight excluding hydrogens is 152 g/mol. The highest BCUT2D eigenvalue weighted by Gasteiger charge is 2.47. The fourth-order valence-corrected chi connectivity index (χ4v) is 2.57. The fraction of sp³-hybridized carbons (Fsp3) is 0.800. The Morgan fingerprint density at radius 3 is 2.58 bits per heavy atom. The first-order valence-electron chi connectivity index (χ1n) is 4.68. The van der Waals surface area contributed by atoms with Crippen LogP contribution in [-0.4, -0.2) is 22.4 Å². The highest BCUT2D eigenvalue weighted by Crippen LogP contribution is 2.51. The summed E-state index contributed by atoms with van der Waals surface area (Å²) in [6, 6.07) is 0. The topological polar surface area (TPSA) is 40.5 Å². The van der Waals surface area contributed by atoms with Gasteiger partial charge in [0.05, 0.1) is 12.2 Å². The van der Waals surface area contributed by atoms with Gasteiger partial charge in [-0.25, -0.2) is 0 Å². The van der Waals surface area contributed by atoms with Crippen molar-refractivity contribution in [3.05, 3.63) is 11.6 Å². The van der Waals surface area contributed by atoms with Crippen LogP contribution in [-0.2, 0) is 0 Å². The minimum Gasteiger partial charge on any atom is -0.389 e. The number of hydrogen-bond acceptors (Lipinski definition) is 2. The molecule has 68 valence electrons. The second kappa shape index (κ2) is 2.57. The van der Waals surface area contributed by atoms with Gasteiger partial charge in [-0.1, -0.05) is 12.5 Å². The van der Waals surface area contributed by atoms with Crippen LogP contribution in [0.5, 0.6) is 0 Å². The fourth-order valence-electron chi connectivity index (χ4n) is 2.57. The third-order valence-corrected chi connectivity index (χ3v) is 3.43. The van der Waals surface area contributed by atoms with Crippen LogP contribution in [0.4, 0.5) is 0 Å². The van der Waals surface area contributed by atoms with Crippen molar-refractivity contribution in [1.29, 1.82) is 0 Å². The van der Waals surface area contributed by atoms with E-state index in [4.69, 9.17) is 0 Å². The van der Waals surface area contributed by atoms with E-state index in [1.54, 1.807) is 6.08 Å². The van der Waals surface area contributed by atoms with Crippen LogP contribution in [0.15, 0.2) is 11.6 Å². The zero-order valence-electron chi connectivity index (χ0n) is 7.45. The van der Waals surface area contributed by atoms with E-state index in [2.05, 4.69) is 0 Å². The molecule has 1 spiro atoms. The molecule has 0 amide bonds. The normalized spacial score (nSPS) is 39.1. The highest BCUT2D eigenvalue weighted by molar-refractivity contribution is 5.19. The Balaban J connectivity index is 2.23. The van der Waals surface area contributed by atoms with E-state index in [-0.39, 0.29) is 17.6 Å². The predicted octanol–water partition coefficient (Wildman–Crippen LogP) is 1.23. The van der Waals surface area contributed by atoms with Gasteiger partial charge in [-0.3, -0.25) is 0 Å². The molecule has 2 unspecified atom stereocenters. The standard InChI is InChI=1S/C10H16O2/c1-7-5-8(11)6-10(9(7)12)3-2-4-10/h5,8-9,11-12H,2-4,6H2,1H3. The summed E-state index contributed by atoms with van der Waals surface area (Å²) in [5, 5.41) is 19.4. The summed E-state index contributed by atoms with van der Waals surface area (Å²) in [5.74, 6) is 0. The molecule has 2 aliphatic carbocycles. The number of aliphatic hydroxyl groups excluding tert-OH is 2. The van der Waals surface area contributed by atoms with Crippen molar-refractivity contribution in [3.63, 3.8) is 0 Å². The van der Waals surface area contributed by atoms with Crippen LogP contribution in [0.1, 0.15) is 32.6 Å². The Bertz CT molecular complexity index is 216. The van der Waals surface area contributed by atoms with Crippen molar-refractivity contribution in [2.24, 2.45) is 5.41 Å². The first-order valence-corrected chi connectivity index (χ1v) is 4.68. The molecule has 2 nitrogen and oxygen atoms in total. The zero-order valence-corrected chi connectivity index (χ0v) is 7.45. The molecule has 0 radical (unpaired) electrons. The van der Waals surface area contributed by atoms with Crippen LogP contribution in [0.25, 0.3) is 0 Å². The second-order valence-corrected chi connectivity index (χ2v) is 4.30. The lowest BCUT2D eigenvalue weighted by molar-refractivity contribution is -0.0512.